The van der Waals surface area contributed by atoms with Gasteiger partial charge in [0.15, 0.2) is 17.5 Å². The van der Waals surface area contributed by atoms with Gasteiger partial charge in [-0.05, 0) is 81.4 Å². The Morgan fingerprint density at radius 1 is 0.286 bits per heavy atom. The summed E-state index contributed by atoms with van der Waals surface area (Å²) >= 11 is 0. The molecule has 0 unspecified atom stereocenters. The van der Waals surface area contributed by atoms with Crippen LogP contribution in [-0.2, 0) is 0 Å². The Morgan fingerprint density at radius 3 is 1.68 bits per heavy atom. The van der Waals surface area contributed by atoms with Crippen LogP contribution in [0, 0.1) is 0 Å². The maximum Gasteiger partial charge on any atom is 0.164 e. The Morgan fingerprint density at radius 2 is 0.870 bits per heavy atom. The van der Waals surface area contributed by atoms with Gasteiger partial charge in [-0.1, -0.05) is 206 Å². The fourth-order valence-electron chi connectivity index (χ4n) is 12.2. The molecular weight excluding hydrogens is 939 g/mol. The van der Waals surface area contributed by atoms with Crippen LogP contribution in [-0.4, -0.2) is 24.1 Å². The van der Waals surface area contributed by atoms with Crippen LogP contribution in [0.2, 0.25) is 0 Å². The maximum atomic E-state index is 7.11. The summed E-state index contributed by atoms with van der Waals surface area (Å²) in [6.45, 7) is 0. The number of para-hydroxylation sites is 3. The standard InChI is InChI=1S/C71H43N5O/c1-3-20-45(21-4-1)50-26-11-12-28-52(50)58-42-59-65(43-63(58)76-60-33-15-13-29-53(60)54-40-39-46-22-9-10-27-51(46)68(54)76)77-64-36-18-32-57(67(59)64)71-73-69(48-38-37-44-19-7-8-23-47(44)41-48)72-70(74-71)56-31-17-35-62-66(56)55-30-14-16-34-61(55)75(62)49-24-5-2-6-25-49/h1-43H. The largest absolute Gasteiger partial charge is 0.456 e. The molecule has 0 spiro atoms. The van der Waals surface area contributed by atoms with E-state index in [4.69, 9.17) is 19.4 Å². The van der Waals surface area contributed by atoms with Gasteiger partial charge in [0, 0.05) is 71.7 Å². The lowest BCUT2D eigenvalue weighted by molar-refractivity contribution is 0.668. The molecule has 0 bridgehead atoms. The van der Waals surface area contributed by atoms with Crippen molar-refractivity contribution in [1.82, 2.24) is 24.1 Å². The van der Waals surface area contributed by atoms with Crippen LogP contribution in [0.3, 0.4) is 0 Å². The van der Waals surface area contributed by atoms with Gasteiger partial charge in [0.2, 0.25) is 0 Å². The summed E-state index contributed by atoms with van der Waals surface area (Å²) in [5, 5.41) is 11.1. The summed E-state index contributed by atoms with van der Waals surface area (Å²) in [6, 6.07) is 92.8. The van der Waals surface area contributed by atoms with E-state index in [0.29, 0.717) is 17.5 Å². The Bertz CT molecular complexity index is 5050. The van der Waals surface area contributed by atoms with Crippen molar-refractivity contribution >= 4 is 87.1 Å². The molecule has 4 aromatic heterocycles. The van der Waals surface area contributed by atoms with Crippen molar-refractivity contribution in [3.63, 3.8) is 0 Å². The van der Waals surface area contributed by atoms with Crippen molar-refractivity contribution in [2.75, 3.05) is 0 Å². The molecule has 12 aromatic carbocycles. The van der Waals surface area contributed by atoms with E-state index in [1.54, 1.807) is 0 Å². The van der Waals surface area contributed by atoms with Gasteiger partial charge >= 0.3 is 0 Å². The zero-order chi connectivity index (χ0) is 50.6. The van der Waals surface area contributed by atoms with Crippen LogP contribution in [0.5, 0.6) is 0 Å². The highest BCUT2D eigenvalue weighted by Gasteiger charge is 2.25. The van der Waals surface area contributed by atoms with Gasteiger partial charge in [0.05, 0.1) is 27.8 Å². The average molecular weight is 982 g/mol. The molecule has 0 radical (unpaired) electrons. The van der Waals surface area contributed by atoms with Crippen LogP contribution < -0.4 is 0 Å². The van der Waals surface area contributed by atoms with E-state index in [9.17, 15) is 0 Å². The minimum Gasteiger partial charge on any atom is -0.456 e. The first-order valence-electron chi connectivity index (χ1n) is 26.1. The molecule has 358 valence electrons. The summed E-state index contributed by atoms with van der Waals surface area (Å²) in [4.78, 5) is 16.4. The SMILES string of the molecule is c1ccc(-c2ccccc2-c2cc3c(cc2-n2c4ccccc4c4ccc5ccccc5c42)oc2cccc(-c4nc(-c5ccc6ccccc6c5)nc(-c5cccc6c5c5ccccc5n6-c5ccccc5)n4)c23)cc1. The first kappa shape index (κ1) is 43.0. The van der Waals surface area contributed by atoms with Gasteiger partial charge < -0.3 is 13.6 Å². The van der Waals surface area contributed by atoms with Crippen LogP contribution in [0.15, 0.2) is 265 Å². The predicted octanol–water partition coefficient (Wildman–Crippen LogP) is 18.6. The van der Waals surface area contributed by atoms with Gasteiger partial charge in [-0.15, -0.1) is 0 Å². The molecule has 0 saturated carbocycles. The maximum absolute atomic E-state index is 7.11. The Balaban J connectivity index is 0.994. The molecule has 0 N–H and O–H groups in total. The lowest BCUT2D eigenvalue weighted by Gasteiger charge is -2.18. The molecule has 0 aliphatic carbocycles. The number of fused-ring (bicyclic) bond motifs is 12. The monoisotopic (exact) mass is 981 g/mol. The lowest BCUT2D eigenvalue weighted by Crippen LogP contribution is -2.01. The van der Waals surface area contributed by atoms with Gasteiger partial charge in [-0.3, -0.25) is 0 Å². The van der Waals surface area contributed by atoms with Crippen molar-refractivity contribution in [3.8, 4) is 67.8 Å². The number of aromatic nitrogens is 5. The van der Waals surface area contributed by atoms with E-state index in [-0.39, 0.29) is 0 Å². The minimum atomic E-state index is 0.555. The zero-order valence-corrected chi connectivity index (χ0v) is 41.5. The van der Waals surface area contributed by atoms with Gasteiger partial charge in [-0.25, -0.2) is 15.0 Å². The highest BCUT2D eigenvalue weighted by atomic mass is 16.3. The molecule has 0 amide bonds. The first-order chi connectivity index (χ1) is 38.2. The van der Waals surface area contributed by atoms with Crippen molar-refractivity contribution in [1.29, 1.82) is 0 Å². The molecule has 6 heteroatoms. The Kier molecular flexibility index (Phi) is 9.53. The molecule has 6 nitrogen and oxygen atoms in total. The predicted molar refractivity (Wildman–Crippen MR) is 318 cm³/mol. The second-order valence-electron chi connectivity index (χ2n) is 19.8. The van der Waals surface area contributed by atoms with Crippen molar-refractivity contribution in [2.45, 2.75) is 0 Å². The highest BCUT2D eigenvalue weighted by Crippen LogP contribution is 2.47. The summed E-state index contributed by atoms with van der Waals surface area (Å²) in [6.07, 6.45) is 0. The summed E-state index contributed by atoms with van der Waals surface area (Å²) in [5.41, 5.74) is 15.2. The van der Waals surface area contributed by atoms with E-state index < -0.39 is 0 Å². The summed E-state index contributed by atoms with van der Waals surface area (Å²) < 4.78 is 11.9. The molecule has 0 aliphatic heterocycles. The average Bonchev–Trinajstić information content (AvgIpc) is 4.17. The van der Waals surface area contributed by atoms with Crippen LogP contribution >= 0.6 is 0 Å². The Hall–Kier alpha value is -10.4. The normalized spacial score (nSPS) is 11.9. The molecule has 0 aliphatic rings. The molecule has 16 aromatic rings. The van der Waals surface area contributed by atoms with Crippen molar-refractivity contribution in [3.05, 3.63) is 261 Å². The summed E-state index contributed by atoms with van der Waals surface area (Å²) in [5.74, 6) is 1.73. The van der Waals surface area contributed by atoms with E-state index in [1.165, 1.54) is 21.5 Å². The fourth-order valence-corrected chi connectivity index (χ4v) is 12.2. The van der Waals surface area contributed by atoms with E-state index in [1.807, 2.05) is 0 Å². The van der Waals surface area contributed by atoms with Gasteiger partial charge in [0.25, 0.3) is 0 Å². The molecule has 0 fully saturated rings. The van der Waals surface area contributed by atoms with E-state index in [0.717, 1.165) is 116 Å². The third-order valence-corrected chi connectivity index (χ3v) is 15.6. The molecule has 4 heterocycles. The molecule has 77 heavy (non-hydrogen) atoms. The number of nitrogens with zero attached hydrogens (tertiary/aromatic N) is 5. The smallest absolute Gasteiger partial charge is 0.164 e. The first-order valence-corrected chi connectivity index (χ1v) is 26.1. The van der Waals surface area contributed by atoms with Crippen LogP contribution in [0.25, 0.3) is 155 Å². The fraction of sp³-hybridized carbons (Fsp3) is 0. The third-order valence-electron chi connectivity index (χ3n) is 15.6. The number of furan rings is 1. The summed E-state index contributed by atoms with van der Waals surface area (Å²) in [7, 11) is 0. The zero-order valence-electron chi connectivity index (χ0n) is 41.5. The number of benzene rings is 12. The van der Waals surface area contributed by atoms with Crippen molar-refractivity contribution < 1.29 is 4.42 Å². The number of rotatable bonds is 7. The molecule has 0 saturated heterocycles. The van der Waals surface area contributed by atoms with Gasteiger partial charge in [0.1, 0.15) is 11.2 Å². The van der Waals surface area contributed by atoms with Crippen LogP contribution in [0.1, 0.15) is 0 Å². The van der Waals surface area contributed by atoms with Crippen LogP contribution in [0.4, 0.5) is 0 Å². The van der Waals surface area contributed by atoms with E-state index in [2.05, 4.69) is 270 Å². The molecule has 16 rings (SSSR count). The quantitative estimate of drug-likeness (QED) is 0.160. The van der Waals surface area contributed by atoms with Gasteiger partial charge in [-0.2, -0.15) is 0 Å². The topological polar surface area (TPSA) is 61.7 Å². The minimum absolute atomic E-state index is 0.555. The molecular formula is C71H43N5O. The number of hydrogen-bond donors (Lipinski definition) is 0. The second-order valence-corrected chi connectivity index (χ2v) is 19.8. The highest BCUT2D eigenvalue weighted by molar-refractivity contribution is 6.21. The second kappa shape index (κ2) is 17.1. The van der Waals surface area contributed by atoms with Crippen molar-refractivity contribution in [2.24, 2.45) is 0 Å². The van der Waals surface area contributed by atoms with E-state index >= 15 is 0 Å². The Labute approximate surface area is 442 Å². The lowest BCUT2D eigenvalue weighted by atomic mass is 9.92. The molecule has 0 atom stereocenters. The number of hydrogen-bond acceptors (Lipinski definition) is 4. The third kappa shape index (κ3) is 6.72.